The van der Waals surface area contributed by atoms with Gasteiger partial charge in [0.15, 0.2) is 0 Å². The van der Waals surface area contributed by atoms with Crippen LogP contribution in [-0.2, 0) is 0 Å². The van der Waals surface area contributed by atoms with E-state index in [1.807, 2.05) is 12.1 Å². The Balaban J connectivity index is 1.30. The van der Waals surface area contributed by atoms with Gasteiger partial charge in [0.05, 0.1) is 0 Å². The van der Waals surface area contributed by atoms with E-state index in [9.17, 15) is 0 Å². The van der Waals surface area contributed by atoms with Gasteiger partial charge in [-0.05, 0) is 51.0 Å². The lowest BCUT2D eigenvalue weighted by Gasteiger charge is -2.43. The Bertz CT molecular complexity index is 763. The molecule has 0 unspecified atom stereocenters. The van der Waals surface area contributed by atoms with Crippen LogP contribution in [0.3, 0.4) is 0 Å². The van der Waals surface area contributed by atoms with Gasteiger partial charge >= 0.3 is 0 Å². The topological polar surface area (TPSA) is 35.5 Å². The molecule has 1 aromatic carbocycles. The monoisotopic (exact) mass is 385 g/mol. The minimum Gasteiger partial charge on any atom is -0.371 e. The van der Waals surface area contributed by atoms with Crippen LogP contribution in [0.1, 0.15) is 24.1 Å². The maximum absolute atomic E-state index is 6.01. The Morgan fingerprint density at radius 1 is 0.852 bits per heavy atom. The van der Waals surface area contributed by atoms with Crippen LogP contribution in [0.25, 0.3) is 0 Å². The molecule has 2 aromatic rings. The zero-order valence-electron chi connectivity index (χ0n) is 16.2. The fourth-order valence-electron chi connectivity index (χ4n) is 4.28. The highest BCUT2D eigenvalue weighted by Crippen LogP contribution is 2.26. The lowest BCUT2D eigenvalue weighted by molar-refractivity contribution is 0.159. The van der Waals surface area contributed by atoms with Crippen LogP contribution in [-0.4, -0.2) is 60.2 Å². The van der Waals surface area contributed by atoms with Crippen molar-refractivity contribution in [1.82, 2.24) is 14.9 Å². The lowest BCUT2D eigenvalue weighted by atomic mass is 10.0. The van der Waals surface area contributed by atoms with E-state index in [2.05, 4.69) is 50.6 Å². The second-order valence-corrected chi connectivity index (χ2v) is 8.06. The summed E-state index contributed by atoms with van der Waals surface area (Å²) in [6.45, 7) is 10.8. The first kappa shape index (κ1) is 18.5. The highest BCUT2D eigenvalue weighted by Gasteiger charge is 2.28. The summed E-state index contributed by atoms with van der Waals surface area (Å²) >= 11 is 6.01. The molecule has 3 heterocycles. The third-order valence-electron chi connectivity index (χ3n) is 6.10. The van der Waals surface area contributed by atoms with Crippen molar-refractivity contribution in [2.24, 2.45) is 0 Å². The first-order valence-electron chi connectivity index (χ1n) is 9.89. The van der Waals surface area contributed by atoms with Crippen molar-refractivity contribution in [3.63, 3.8) is 0 Å². The zero-order valence-corrected chi connectivity index (χ0v) is 17.0. The Hall–Kier alpha value is -1.85. The highest BCUT2D eigenvalue weighted by molar-refractivity contribution is 6.30. The maximum Gasteiger partial charge on any atom is 0.135 e. The average molecular weight is 386 g/mol. The number of hydrogen-bond acceptors (Lipinski definition) is 5. The van der Waals surface area contributed by atoms with Crippen LogP contribution in [0.4, 0.5) is 11.5 Å². The Kier molecular flexibility index (Phi) is 5.50. The van der Waals surface area contributed by atoms with Crippen LogP contribution in [0.15, 0.2) is 30.6 Å². The van der Waals surface area contributed by atoms with Gasteiger partial charge in [-0.15, -0.1) is 0 Å². The summed E-state index contributed by atoms with van der Waals surface area (Å²) in [4.78, 5) is 16.4. The minimum atomic E-state index is 0.698. The number of benzene rings is 1. The van der Waals surface area contributed by atoms with Crippen LogP contribution >= 0.6 is 11.6 Å². The number of hydrogen-bond donors (Lipinski definition) is 0. The van der Waals surface area contributed by atoms with Crippen LogP contribution in [0, 0.1) is 13.8 Å². The van der Waals surface area contributed by atoms with E-state index >= 15 is 0 Å². The summed E-state index contributed by atoms with van der Waals surface area (Å²) in [6.07, 6.45) is 4.15. The molecule has 0 N–H and O–H groups in total. The molecule has 0 spiro atoms. The van der Waals surface area contributed by atoms with E-state index in [-0.39, 0.29) is 0 Å². The van der Waals surface area contributed by atoms with E-state index < -0.39 is 0 Å². The standard InChI is InChI=1S/C21H28ClN5/c1-16-17(2)23-15-24-21(16)27-13-11-26(12-14-27)20-7-9-25(10-8-20)19-5-3-18(22)4-6-19/h3-6,15,20H,7-14H2,1-2H3. The number of aromatic nitrogens is 2. The third kappa shape index (κ3) is 4.04. The van der Waals surface area contributed by atoms with Gasteiger partial charge < -0.3 is 9.80 Å². The number of nitrogens with zero attached hydrogens (tertiary/aromatic N) is 5. The van der Waals surface area contributed by atoms with Gasteiger partial charge in [-0.1, -0.05) is 11.6 Å². The second-order valence-electron chi connectivity index (χ2n) is 7.63. The summed E-state index contributed by atoms with van der Waals surface area (Å²) in [5.41, 5.74) is 3.58. The molecule has 5 nitrogen and oxygen atoms in total. The van der Waals surface area contributed by atoms with Gasteiger partial charge in [-0.3, -0.25) is 4.90 Å². The van der Waals surface area contributed by atoms with Crippen LogP contribution in [0.5, 0.6) is 0 Å². The van der Waals surface area contributed by atoms with Crippen LogP contribution < -0.4 is 9.80 Å². The molecular weight excluding hydrogens is 358 g/mol. The molecule has 0 bridgehead atoms. The number of anilines is 2. The van der Waals surface area contributed by atoms with Gasteiger partial charge in [0.25, 0.3) is 0 Å². The number of rotatable bonds is 3. The minimum absolute atomic E-state index is 0.698. The second kappa shape index (κ2) is 8.03. The van der Waals surface area contributed by atoms with Gasteiger partial charge in [0.1, 0.15) is 12.1 Å². The molecule has 0 amide bonds. The Morgan fingerprint density at radius 3 is 2.19 bits per heavy atom. The van der Waals surface area contributed by atoms with Crippen LogP contribution in [0.2, 0.25) is 5.02 Å². The van der Waals surface area contributed by atoms with Crippen molar-refractivity contribution >= 4 is 23.1 Å². The number of aryl methyl sites for hydroxylation is 1. The predicted octanol–water partition coefficient (Wildman–Crippen LogP) is 3.54. The van der Waals surface area contributed by atoms with Crippen molar-refractivity contribution in [2.75, 3.05) is 49.1 Å². The van der Waals surface area contributed by atoms with Gasteiger partial charge in [-0.25, -0.2) is 9.97 Å². The molecule has 2 aliphatic rings. The van der Waals surface area contributed by atoms with Crippen molar-refractivity contribution < 1.29 is 0 Å². The largest absolute Gasteiger partial charge is 0.371 e. The fraction of sp³-hybridized carbons (Fsp3) is 0.524. The molecule has 6 heteroatoms. The molecule has 1 aromatic heterocycles. The fourth-order valence-corrected chi connectivity index (χ4v) is 4.41. The van der Waals surface area contributed by atoms with Crippen molar-refractivity contribution in [3.05, 3.63) is 46.9 Å². The van der Waals surface area contributed by atoms with Crippen molar-refractivity contribution in [2.45, 2.75) is 32.7 Å². The molecular formula is C21H28ClN5. The zero-order chi connectivity index (χ0) is 18.8. The van der Waals surface area contributed by atoms with E-state index in [0.717, 1.165) is 55.8 Å². The van der Waals surface area contributed by atoms with E-state index in [0.29, 0.717) is 6.04 Å². The van der Waals surface area contributed by atoms with Gasteiger partial charge in [0.2, 0.25) is 0 Å². The number of piperidine rings is 1. The maximum atomic E-state index is 6.01. The smallest absolute Gasteiger partial charge is 0.135 e. The first-order chi connectivity index (χ1) is 13.1. The lowest BCUT2D eigenvalue weighted by Crippen LogP contribution is -2.53. The van der Waals surface area contributed by atoms with Gasteiger partial charge in [0, 0.05) is 67.3 Å². The van der Waals surface area contributed by atoms with Crippen molar-refractivity contribution in [1.29, 1.82) is 0 Å². The normalized spacial score (nSPS) is 19.5. The molecule has 2 fully saturated rings. The molecule has 2 saturated heterocycles. The SMILES string of the molecule is Cc1ncnc(N2CCN(C3CCN(c4ccc(Cl)cc4)CC3)CC2)c1C. The highest BCUT2D eigenvalue weighted by atomic mass is 35.5. The van der Waals surface area contributed by atoms with E-state index in [1.165, 1.54) is 24.1 Å². The Morgan fingerprint density at radius 2 is 1.52 bits per heavy atom. The average Bonchev–Trinajstić information content (AvgIpc) is 2.71. The third-order valence-corrected chi connectivity index (χ3v) is 6.35. The Labute approximate surface area is 167 Å². The summed E-state index contributed by atoms with van der Waals surface area (Å²) in [6, 6.07) is 8.93. The predicted molar refractivity (Wildman–Crippen MR) is 112 cm³/mol. The van der Waals surface area contributed by atoms with E-state index in [4.69, 9.17) is 11.6 Å². The molecule has 27 heavy (non-hydrogen) atoms. The summed E-state index contributed by atoms with van der Waals surface area (Å²) in [5, 5.41) is 0.806. The molecule has 0 atom stereocenters. The number of piperazine rings is 1. The van der Waals surface area contributed by atoms with Gasteiger partial charge in [-0.2, -0.15) is 0 Å². The molecule has 0 radical (unpaired) electrons. The summed E-state index contributed by atoms with van der Waals surface area (Å²) < 4.78 is 0. The molecule has 0 saturated carbocycles. The van der Waals surface area contributed by atoms with Crippen molar-refractivity contribution in [3.8, 4) is 0 Å². The van der Waals surface area contributed by atoms with E-state index in [1.54, 1.807) is 6.33 Å². The summed E-state index contributed by atoms with van der Waals surface area (Å²) in [7, 11) is 0. The molecule has 4 rings (SSSR count). The summed E-state index contributed by atoms with van der Waals surface area (Å²) in [5.74, 6) is 1.11. The first-order valence-corrected chi connectivity index (χ1v) is 10.3. The quantitative estimate of drug-likeness (QED) is 0.807. The molecule has 0 aliphatic carbocycles. The molecule has 2 aliphatic heterocycles. The number of halogens is 1. The molecule has 144 valence electrons.